The average Bonchev–Trinajstić information content (AvgIpc) is 2.55. The fraction of sp³-hybridized carbons (Fsp3) is 0.158. The second-order valence-electron chi connectivity index (χ2n) is 5.59. The highest BCUT2D eigenvalue weighted by Crippen LogP contribution is 2.16. The minimum atomic E-state index is -0.626. The van der Waals surface area contributed by atoms with Crippen LogP contribution in [0, 0.1) is 6.92 Å². The molecule has 0 spiro atoms. The van der Waals surface area contributed by atoms with Crippen LogP contribution in [0.15, 0.2) is 63.8 Å². The van der Waals surface area contributed by atoms with Gasteiger partial charge in [-0.05, 0) is 37.6 Å². The maximum Gasteiger partial charge on any atom is 0.349 e. The van der Waals surface area contributed by atoms with E-state index in [4.69, 9.17) is 4.42 Å². The van der Waals surface area contributed by atoms with E-state index in [2.05, 4.69) is 5.32 Å². The van der Waals surface area contributed by atoms with Gasteiger partial charge < -0.3 is 9.73 Å². The van der Waals surface area contributed by atoms with Crippen molar-refractivity contribution in [3.63, 3.8) is 0 Å². The number of carbonyl (C=O) groups excluding carboxylic acids is 1. The Morgan fingerprint density at radius 1 is 1.09 bits per heavy atom. The predicted octanol–water partition coefficient (Wildman–Crippen LogP) is 3.59. The molecule has 1 aromatic heterocycles. The van der Waals surface area contributed by atoms with Gasteiger partial charge in [0, 0.05) is 5.39 Å². The first kappa shape index (κ1) is 15.0. The number of fused-ring (bicyclic) bond motifs is 1. The SMILES string of the molecule is Cc1ccc2oc(=O)c(C(=O)NC(C)c3ccccc3)cc2c1. The van der Waals surface area contributed by atoms with Gasteiger partial charge in [0.25, 0.3) is 5.91 Å². The van der Waals surface area contributed by atoms with Crippen LogP contribution in [-0.2, 0) is 0 Å². The summed E-state index contributed by atoms with van der Waals surface area (Å²) >= 11 is 0. The van der Waals surface area contributed by atoms with Crippen LogP contribution in [-0.4, -0.2) is 5.91 Å². The molecule has 3 rings (SSSR count). The Hall–Kier alpha value is -2.88. The van der Waals surface area contributed by atoms with E-state index in [1.54, 1.807) is 12.1 Å². The van der Waals surface area contributed by atoms with Gasteiger partial charge in [-0.2, -0.15) is 0 Å². The van der Waals surface area contributed by atoms with Crippen molar-refractivity contribution < 1.29 is 9.21 Å². The third kappa shape index (κ3) is 3.16. The Kier molecular flexibility index (Phi) is 3.98. The number of rotatable bonds is 3. The van der Waals surface area contributed by atoms with Crippen LogP contribution in [0.3, 0.4) is 0 Å². The monoisotopic (exact) mass is 307 g/mol. The predicted molar refractivity (Wildman–Crippen MR) is 89.5 cm³/mol. The van der Waals surface area contributed by atoms with E-state index in [1.165, 1.54) is 0 Å². The third-order valence-electron chi connectivity index (χ3n) is 3.78. The van der Waals surface area contributed by atoms with Crippen molar-refractivity contribution in [3.8, 4) is 0 Å². The fourth-order valence-electron chi connectivity index (χ4n) is 2.50. The summed E-state index contributed by atoms with van der Waals surface area (Å²) in [6.45, 7) is 3.82. The molecule has 0 aliphatic heterocycles. The summed E-state index contributed by atoms with van der Waals surface area (Å²) in [5.41, 5.74) is 1.88. The van der Waals surface area contributed by atoms with E-state index in [9.17, 15) is 9.59 Å². The van der Waals surface area contributed by atoms with E-state index in [0.29, 0.717) is 5.58 Å². The quantitative estimate of drug-likeness (QED) is 0.752. The smallest absolute Gasteiger partial charge is 0.349 e. The van der Waals surface area contributed by atoms with Crippen molar-refractivity contribution in [3.05, 3.63) is 81.7 Å². The van der Waals surface area contributed by atoms with E-state index in [1.807, 2.05) is 56.3 Å². The molecule has 1 N–H and O–H groups in total. The number of benzene rings is 2. The average molecular weight is 307 g/mol. The Morgan fingerprint density at radius 3 is 2.57 bits per heavy atom. The molecule has 2 aromatic carbocycles. The molecule has 23 heavy (non-hydrogen) atoms. The van der Waals surface area contributed by atoms with Gasteiger partial charge in [0.1, 0.15) is 11.1 Å². The molecule has 0 saturated carbocycles. The summed E-state index contributed by atoms with van der Waals surface area (Å²) in [5, 5.41) is 3.57. The molecule has 0 aliphatic rings. The van der Waals surface area contributed by atoms with Crippen molar-refractivity contribution in [2.24, 2.45) is 0 Å². The summed E-state index contributed by atoms with van der Waals surface area (Å²) in [7, 11) is 0. The van der Waals surface area contributed by atoms with Gasteiger partial charge in [-0.1, -0.05) is 42.0 Å². The van der Waals surface area contributed by atoms with Gasteiger partial charge in [0.15, 0.2) is 0 Å². The highest BCUT2D eigenvalue weighted by molar-refractivity contribution is 5.96. The van der Waals surface area contributed by atoms with Crippen LogP contribution in [0.4, 0.5) is 0 Å². The zero-order chi connectivity index (χ0) is 16.4. The summed E-state index contributed by atoms with van der Waals surface area (Å²) in [5.74, 6) is -0.432. The largest absolute Gasteiger partial charge is 0.422 e. The van der Waals surface area contributed by atoms with Crippen LogP contribution in [0.2, 0.25) is 0 Å². The number of nitrogens with one attached hydrogen (secondary N) is 1. The molecule has 0 saturated heterocycles. The highest BCUT2D eigenvalue weighted by atomic mass is 16.4. The maximum atomic E-state index is 12.4. The van der Waals surface area contributed by atoms with Crippen molar-refractivity contribution in [1.29, 1.82) is 0 Å². The minimum Gasteiger partial charge on any atom is -0.422 e. The van der Waals surface area contributed by atoms with Gasteiger partial charge in [-0.3, -0.25) is 4.79 Å². The van der Waals surface area contributed by atoms with Crippen LogP contribution in [0.5, 0.6) is 0 Å². The van der Waals surface area contributed by atoms with E-state index < -0.39 is 11.5 Å². The molecule has 3 aromatic rings. The van der Waals surface area contributed by atoms with Crippen LogP contribution >= 0.6 is 0 Å². The van der Waals surface area contributed by atoms with Crippen LogP contribution in [0.1, 0.15) is 34.5 Å². The van der Waals surface area contributed by atoms with Crippen LogP contribution < -0.4 is 10.9 Å². The molecule has 1 atom stereocenters. The molecule has 0 fully saturated rings. The Labute approximate surface area is 133 Å². The van der Waals surface area contributed by atoms with E-state index in [0.717, 1.165) is 16.5 Å². The molecule has 1 heterocycles. The Balaban J connectivity index is 1.91. The molecule has 116 valence electrons. The lowest BCUT2D eigenvalue weighted by Crippen LogP contribution is -2.30. The molecule has 4 nitrogen and oxygen atoms in total. The third-order valence-corrected chi connectivity index (χ3v) is 3.78. The molecule has 0 aliphatic carbocycles. The van der Waals surface area contributed by atoms with Crippen molar-refractivity contribution in [2.75, 3.05) is 0 Å². The molecule has 0 radical (unpaired) electrons. The number of hydrogen-bond donors (Lipinski definition) is 1. The highest BCUT2D eigenvalue weighted by Gasteiger charge is 2.16. The lowest BCUT2D eigenvalue weighted by Gasteiger charge is -2.14. The molecule has 4 heteroatoms. The zero-order valence-electron chi connectivity index (χ0n) is 13.0. The number of carbonyl (C=O) groups is 1. The first-order valence-electron chi connectivity index (χ1n) is 7.45. The summed E-state index contributed by atoms with van der Waals surface area (Å²) in [4.78, 5) is 24.5. The lowest BCUT2D eigenvalue weighted by atomic mass is 10.1. The Bertz CT molecular complexity index is 913. The van der Waals surface area contributed by atoms with Crippen molar-refractivity contribution in [1.82, 2.24) is 5.32 Å². The van der Waals surface area contributed by atoms with Gasteiger partial charge in [-0.15, -0.1) is 0 Å². The molecular weight excluding hydrogens is 290 g/mol. The number of aryl methyl sites for hydroxylation is 1. The van der Waals surface area contributed by atoms with Gasteiger partial charge in [-0.25, -0.2) is 4.79 Å². The van der Waals surface area contributed by atoms with Gasteiger partial charge in [0.2, 0.25) is 0 Å². The fourth-order valence-corrected chi connectivity index (χ4v) is 2.50. The second kappa shape index (κ2) is 6.08. The number of amides is 1. The maximum absolute atomic E-state index is 12.4. The van der Waals surface area contributed by atoms with Crippen molar-refractivity contribution >= 4 is 16.9 Å². The molecule has 0 bridgehead atoms. The summed E-state index contributed by atoms with van der Waals surface area (Å²) in [6.07, 6.45) is 0. The van der Waals surface area contributed by atoms with E-state index >= 15 is 0 Å². The van der Waals surface area contributed by atoms with Gasteiger partial charge in [0.05, 0.1) is 6.04 Å². The van der Waals surface area contributed by atoms with E-state index in [-0.39, 0.29) is 11.6 Å². The molecular formula is C19H17NO3. The van der Waals surface area contributed by atoms with Crippen molar-refractivity contribution in [2.45, 2.75) is 19.9 Å². The summed E-state index contributed by atoms with van der Waals surface area (Å²) < 4.78 is 5.24. The first-order valence-corrected chi connectivity index (χ1v) is 7.45. The topological polar surface area (TPSA) is 59.3 Å². The summed E-state index contributed by atoms with van der Waals surface area (Å²) in [6, 6.07) is 16.5. The lowest BCUT2D eigenvalue weighted by molar-refractivity contribution is 0.0936. The molecule has 1 unspecified atom stereocenters. The molecule has 1 amide bonds. The second-order valence-corrected chi connectivity index (χ2v) is 5.59. The standard InChI is InChI=1S/C19H17NO3/c1-12-8-9-17-15(10-12)11-16(19(22)23-17)18(21)20-13(2)14-6-4-3-5-7-14/h3-11,13H,1-2H3,(H,20,21). The van der Waals surface area contributed by atoms with Gasteiger partial charge >= 0.3 is 5.63 Å². The first-order chi connectivity index (χ1) is 11.0. The zero-order valence-corrected chi connectivity index (χ0v) is 13.0. The number of hydrogen-bond acceptors (Lipinski definition) is 3. The Morgan fingerprint density at radius 2 is 1.83 bits per heavy atom. The normalized spacial score (nSPS) is 12.1. The minimum absolute atomic E-state index is 0.0193. The van der Waals surface area contributed by atoms with Crippen LogP contribution in [0.25, 0.3) is 11.0 Å².